The van der Waals surface area contributed by atoms with Crippen molar-refractivity contribution in [3.8, 4) is 17.2 Å². The molecule has 0 aliphatic rings. The molecule has 1 aromatic rings. The van der Waals surface area contributed by atoms with Gasteiger partial charge in [-0.25, -0.2) is 0 Å². The lowest BCUT2D eigenvalue weighted by Gasteiger charge is -2.20. The Labute approximate surface area is 116 Å². The number of hydrogen-bond donors (Lipinski definition) is 2. The van der Waals surface area contributed by atoms with Crippen LogP contribution in [0.1, 0.15) is 56.7 Å². The summed E-state index contributed by atoms with van der Waals surface area (Å²) in [5.41, 5.74) is 3.12. The fraction of sp³-hybridized carbons (Fsp3) is 0.625. The number of benzene rings is 1. The largest absolute Gasteiger partial charge is 0.504 e. The van der Waals surface area contributed by atoms with E-state index in [2.05, 4.69) is 20.8 Å². The topological polar surface area (TPSA) is 49.7 Å². The van der Waals surface area contributed by atoms with Gasteiger partial charge < -0.3 is 14.9 Å². The Morgan fingerprint density at radius 2 is 1.21 bits per heavy atom. The first kappa shape index (κ1) is 15.7. The van der Waals surface area contributed by atoms with Gasteiger partial charge in [0.15, 0.2) is 11.5 Å². The summed E-state index contributed by atoms with van der Waals surface area (Å²) in [5, 5.41) is 20.3. The molecule has 2 N–H and O–H groups in total. The second-order valence-corrected chi connectivity index (χ2v) is 4.92. The van der Waals surface area contributed by atoms with E-state index >= 15 is 0 Å². The van der Waals surface area contributed by atoms with Crippen molar-refractivity contribution in [1.29, 1.82) is 0 Å². The molecular weight excluding hydrogens is 240 g/mol. The number of rotatable bonds is 7. The first-order valence-corrected chi connectivity index (χ1v) is 7.24. The van der Waals surface area contributed by atoms with E-state index in [9.17, 15) is 10.2 Å². The predicted octanol–water partition coefficient (Wildman–Crippen LogP) is 3.96. The highest BCUT2D eigenvalue weighted by Crippen LogP contribution is 2.45. The van der Waals surface area contributed by atoms with Crippen LogP contribution >= 0.6 is 0 Å². The van der Waals surface area contributed by atoms with Gasteiger partial charge in [0.1, 0.15) is 0 Å². The van der Waals surface area contributed by atoms with E-state index in [4.69, 9.17) is 4.74 Å². The maximum atomic E-state index is 10.2. The Balaban J connectivity index is 3.53. The molecule has 0 aromatic heterocycles. The quantitative estimate of drug-likeness (QED) is 0.734. The number of phenolic OH excluding ortho intramolecular Hbond substituents is 2. The lowest BCUT2D eigenvalue weighted by atomic mass is 9.90. The highest BCUT2D eigenvalue weighted by Gasteiger charge is 2.22. The monoisotopic (exact) mass is 266 g/mol. The first-order chi connectivity index (χ1) is 9.12. The van der Waals surface area contributed by atoms with Crippen LogP contribution in [0.15, 0.2) is 0 Å². The van der Waals surface area contributed by atoms with Crippen LogP contribution < -0.4 is 4.74 Å². The maximum absolute atomic E-state index is 10.2. The summed E-state index contributed by atoms with van der Waals surface area (Å²) in [6.07, 6.45) is 5.51. The molecule has 3 nitrogen and oxygen atoms in total. The first-order valence-electron chi connectivity index (χ1n) is 7.24. The van der Waals surface area contributed by atoms with Gasteiger partial charge in [0, 0.05) is 11.1 Å². The number of ether oxygens (including phenoxy) is 1. The second kappa shape index (κ2) is 7.27. The minimum atomic E-state index is -0.103. The molecular formula is C16H26O3. The molecule has 0 radical (unpaired) electrons. The van der Waals surface area contributed by atoms with E-state index in [1.807, 2.05) is 0 Å². The van der Waals surface area contributed by atoms with Crippen molar-refractivity contribution in [1.82, 2.24) is 0 Å². The normalized spacial score (nSPS) is 10.7. The van der Waals surface area contributed by atoms with Gasteiger partial charge >= 0.3 is 0 Å². The molecule has 108 valence electrons. The fourth-order valence-corrected chi connectivity index (χ4v) is 2.66. The zero-order chi connectivity index (χ0) is 14.4. The molecule has 0 saturated heterocycles. The van der Waals surface area contributed by atoms with Crippen LogP contribution in [0, 0.1) is 0 Å². The number of hydrogen-bond acceptors (Lipinski definition) is 3. The third-order valence-electron chi connectivity index (χ3n) is 3.43. The highest BCUT2D eigenvalue weighted by atomic mass is 16.5. The Bertz CT molecular complexity index is 425. The van der Waals surface area contributed by atoms with Gasteiger partial charge in [-0.3, -0.25) is 0 Å². The van der Waals surface area contributed by atoms with E-state index in [1.54, 1.807) is 7.11 Å². The summed E-state index contributed by atoms with van der Waals surface area (Å²) in [7, 11) is 1.54. The minimum absolute atomic E-state index is 0.00185. The van der Waals surface area contributed by atoms with Crippen LogP contribution in [0.5, 0.6) is 17.2 Å². The number of methoxy groups -OCH3 is 1. The Kier molecular flexibility index (Phi) is 6.00. The van der Waals surface area contributed by atoms with E-state index in [0.717, 1.165) is 49.7 Å². The van der Waals surface area contributed by atoms with Crippen LogP contribution in [-0.2, 0) is 19.3 Å². The molecule has 1 rings (SSSR count). The molecule has 3 heteroatoms. The van der Waals surface area contributed by atoms with Gasteiger partial charge in [0.2, 0.25) is 5.75 Å². The van der Waals surface area contributed by atoms with E-state index in [-0.39, 0.29) is 11.5 Å². The second-order valence-electron chi connectivity index (χ2n) is 4.92. The summed E-state index contributed by atoms with van der Waals surface area (Å²) in [6, 6.07) is 0. The number of aromatic hydroxyl groups is 2. The van der Waals surface area contributed by atoms with Crippen LogP contribution in [0.25, 0.3) is 0 Å². The molecule has 0 heterocycles. The lowest BCUT2D eigenvalue weighted by Crippen LogP contribution is -2.04. The van der Waals surface area contributed by atoms with E-state index in [0.29, 0.717) is 5.75 Å². The van der Waals surface area contributed by atoms with Crippen molar-refractivity contribution in [2.45, 2.75) is 59.3 Å². The maximum Gasteiger partial charge on any atom is 0.201 e. The molecule has 0 bridgehead atoms. The predicted molar refractivity (Wildman–Crippen MR) is 78.3 cm³/mol. The standard InChI is InChI=1S/C16H26O3/c1-5-8-11-12(9-6-2)14(17)15(18)16(19-4)13(11)10-7-3/h17-18H,5-10H2,1-4H3. The summed E-state index contributed by atoms with van der Waals surface area (Å²) in [5.74, 6) is 0.346. The Morgan fingerprint density at radius 3 is 1.68 bits per heavy atom. The van der Waals surface area contributed by atoms with Gasteiger partial charge in [-0.2, -0.15) is 0 Å². The Hall–Kier alpha value is -1.38. The van der Waals surface area contributed by atoms with Crippen molar-refractivity contribution in [2.75, 3.05) is 7.11 Å². The molecule has 1 aromatic carbocycles. The van der Waals surface area contributed by atoms with Crippen LogP contribution in [0.4, 0.5) is 0 Å². The van der Waals surface area contributed by atoms with Crippen LogP contribution in [-0.4, -0.2) is 17.3 Å². The molecule has 0 spiro atoms. The van der Waals surface area contributed by atoms with E-state index in [1.165, 1.54) is 5.56 Å². The zero-order valence-corrected chi connectivity index (χ0v) is 12.5. The molecule has 0 aliphatic carbocycles. The third-order valence-corrected chi connectivity index (χ3v) is 3.43. The SMILES string of the molecule is CCCc1c(O)c(O)c(OC)c(CCC)c1CCC. The molecule has 0 aliphatic heterocycles. The van der Waals surface area contributed by atoms with Gasteiger partial charge in [-0.15, -0.1) is 0 Å². The average molecular weight is 266 g/mol. The minimum Gasteiger partial charge on any atom is -0.504 e. The van der Waals surface area contributed by atoms with Gasteiger partial charge in [-0.1, -0.05) is 40.0 Å². The van der Waals surface area contributed by atoms with E-state index < -0.39 is 0 Å². The molecule has 0 saturated carbocycles. The van der Waals surface area contributed by atoms with Crippen molar-refractivity contribution in [3.63, 3.8) is 0 Å². The van der Waals surface area contributed by atoms with Crippen molar-refractivity contribution >= 4 is 0 Å². The highest BCUT2D eigenvalue weighted by molar-refractivity contribution is 5.62. The summed E-state index contributed by atoms with van der Waals surface area (Å²) >= 11 is 0. The molecule has 0 atom stereocenters. The van der Waals surface area contributed by atoms with Crippen molar-refractivity contribution in [3.05, 3.63) is 16.7 Å². The Morgan fingerprint density at radius 1 is 0.737 bits per heavy atom. The smallest absolute Gasteiger partial charge is 0.201 e. The summed E-state index contributed by atoms with van der Waals surface area (Å²) in [6.45, 7) is 6.32. The molecule has 0 unspecified atom stereocenters. The molecule has 19 heavy (non-hydrogen) atoms. The summed E-state index contributed by atoms with van der Waals surface area (Å²) in [4.78, 5) is 0. The van der Waals surface area contributed by atoms with Gasteiger partial charge in [-0.05, 0) is 24.8 Å². The van der Waals surface area contributed by atoms with Crippen molar-refractivity contribution < 1.29 is 14.9 Å². The average Bonchev–Trinajstić information content (AvgIpc) is 2.40. The molecule has 0 amide bonds. The molecule has 0 fully saturated rings. The van der Waals surface area contributed by atoms with Crippen molar-refractivity contribution in [2.24, 2.45) is 0 Å². The van der Waals surface area contributed by atoms with Crippen LogP contribution in [0.2, 0.25) is 0 Å². The van der Waals surface area contributed by atoms with Gasteiger partial charge in [0.25, 0.3) is 0 Å². The zero-order valence-electron chi connectivity index (χ0n) is 12.5. The van der Waals surface area contributed by atoms with Gasteiger partial charge in [0.05, 0.1) is 7.11 Å². The fourth-order valence-electron chi connectivity index (χ4n) is 2.66. The number of phenols is 2. The summed E-state index contributed by atoms with van der Waals surface area (Å²) < 4.78 is 5.32. The lowest BCUT2D eigenvalue weighted by molar-refractivity contribution is 0.344. The third kappa shape index (κ3) is 3.14. The van der Waals surface area contributed by atoms with Crippen LogP contribution in [0.3, 0.4) is 0 Å².